The Labute approximate surface area is 165 Å². The lowest BCUT2D eigenvalue weighted by atomic mass is 10.0. The molecule has 0 aromatic heterocycles. The topological polar surface area (TPSA) is 26.1 Å². The number of hydrogen-bond donors (Lipinski definition) is 0. The number of benzene rings is 4. The first-order chi connectivity index (χ1) is 13.8. The van der Waals surface area contributed by atoms with Gasteiger partial charge in [0.25, 0.3) is 0 Å². The van der Waals surface area contributed by atoms with Crippen molar-refractivity contribution < 1.29 is 4.74 Å². The Morgan fingerprint density at radius 2 is 0.964 bits per heavy atom. The number of hydrogen-bond acceptors (Lipinski definition) is 1. The van der Waals surface area contributed by atoms with Crippen molar-refractivity contribution in [1.82, 2.24) is 0 Å². The fourth-order valence-corrected chi connectivity index (χ4v) is 3.22. The molecular weight excluding hydrogens is 342 g/mol. The van der Waals surface area contributed by atoms with Crippen LogP contribution in [-0.4, -0.2) is 11.0 Å². The van der Waals surface area contributed by atoms with Crippen molar-refractivity contribution in [2.75, 3.05) is 0 Å². The predicted molar refractivity (Wildman–Crippen MR) is 116 cm³/mol. The minimum absolute atomic E-state index is 0.329. The maximum Gasteiger partial charge on any atom is 0.182 e. The van der Waals surface area contributed by atoms with Gasteiger partial charge in [-0.05, 0) is 34.4 Å². The molecule has 0 aliphatic rings. The van der Waals surface area contributed by atoms with E-state index in [2.05, 4.69) is 36.4 Å². The molecule has 0 aliphatic heterocycles. The van der Waals surface area contributed by atoms with E-state index < -0.39 is 0 Å². The average molecular weight is 363 g/mol. The Hall–Kier alpha value is -3.65. The predicted octanol–water partition coefficient (Wildman–Crippen LogP) is 6.15. The Morgan fingerprint density at radius 3 is 1.46 bits per heavy atom. The molecule has 136 valence electrons. The van der Waals surface area contributed by atoms with Gasteiger partial charge in [-0.2, -0.15) is 0 Å². The molecule has 4 rings (SSSR count). The highest BCUT2D eigenvalue weighted by atomic mass is 16.5. The first kappa shape index (κ1) is 17.7. The van der Waals surface area contributed by atoms with Gasteiger partial charge in [0, 0.05) is 11.1 Å². The fraction of sp³-hybridized carbons (Fsp3) is 0.0385. The number of rotatable bonds is 5. The molecule has 2 nitrogen and oxygen atoms in total. The first-order valence-electron chi connectivity index (χ1n) is 9.36. The van der Waals surface area contributed by atoms with Gasteiger partial charge in [-0.1, -0.05) is 97.1 Å². The van der Waals surface area contributed by atoms with E-state index in [1.165, 1.54) is 11.1 Å². The highest BCUT2D eigenvalue weighted by molar-refractivity contribution is 5.77. The maximum absolute atomic E-state index is 12.4. The summed E-state index contributed by atoms with van der Waals surface area (Å²) in [5, 5.41) is 12.4. The summed E-state index contributed by atoms with van der Waals surface area (Å²) in [6.45, 7) is 0.329. The summed E-state index contributed by atoms with van der Waals surface area (Å²) in [7, 11) is 0. The fourth-order valence-electron chi connectivity index (χ4n) is 3.22. The van der Waals surface area contributed by atoms with Crippen LogP contribution in [0.2, 0.25) is 0 Å². The van der Waals surface area contributed by atoms with Gasteiger partial charge in [-0.15, -0.1) is 0 Å². The second kappa shape index (κ2) is 8.36. The quantitative estimate of drug-likeness (QED) is 0.181. The molecule has 0 fully saturated rings. The van der Waals surface area contributed by atoms with Gasteiger partial charge in [0.15, 0.2) is 12.8 Å². The van der Waals surface area contributed by atoms with Crippen LogP contribution in [0.5, 0.6) is 0 Å². The van der Waals surface area contributed by atoms with E-state index >= 15 is 0 Å². The Bertz CT molecular complexity index is 1050. The number of hydroxylamine groups is 1. The molecule has 0 bridgehead atoms. The summed E-state index contributed by atoms with van der Waals surface area (Å²) >= 11 is 0. The van der Waals surface area contributed by atoms with Crippen molar-refractivity contribution in [3.8, 4) is 22.3 Å². The third kappa shape index (κ3) is 4.36. The molecule has 4 aromatic rings. The molecule has 0 saturated carbocycles. The molecule has 0 radical (unpaired) electrons. The van der Waals surface area contributed by atoms with Crippen molar-refractivity contribution in [3.05, 3.63) is 126 Å². The van der Waals surface area contributed by atoms with Crippen molar-refractivity contribution in [1.29, 1.82) is 0 Å². The van der Waals surface area contributed by atoms with Gasteiger partial charge < -0.3 is 5.21 Å². The van der Waals surface area contributed by atoms with E-state index in [1.807, 2.05) is 72.8 Å². The van der Waals surface area contributed by atoms with Gasteiger partial charge in [-0.25, -0.2) is 4.74 Å². The zero-order chi connectivity index (χ0) is 19.2. The van der Waals surface area contributed by atoms with E-state index in [0.717, 1.165) is 27.0 Å². The highest BCUT2D eigenvalue weighted by Gasteiger charge is 2.03. The van der Waals surface area contributed by atoms with Gasteiger partial charge in [0.2, 0.25) is 0 Å². The van der Waals surface area contributed by atoms with Crippen LogP contribution in [-0.2, 0) is 6.54 Å². The average Bonchev–Trinajstić information content (AvgIpc) is 2.76. The molecule has 0 aliphatic carbocycles. The Balaban J connectivity index is 1.44. The van der Waals surface area contributed by atoms with Gasteiger partial charge in [0.1, 0.15) is 0 Å². The largest absolute Gasteiger partial charge is 0.624 e. The molecule has 0 spiro atoms. The smallest absolute Gasteiger partial charge is 0.182 e. The van der Waals surface area contributed by atoms with Crippen LogP contribution >= 0.6 is 0 Å². The van der Waals surface area contributed by atoms with Crippen LogP contribution < -0.4 is 0 Å². The zero-order valence-corrected chi connectivity index (χ0v) is 15.5. The monoisotopic (exact) mass is 363 g/mol. The van der Waals surface area contributed by atoms with Crippen molar-refractivity contribution in [2.45, 2.75) is 6.54 Å². The van der Waals surface area contributed by atoms with Crippen LogP contribution in [0.25, 0.3) is 22.3 Å². The Kier molecular flexibility index (Phi) is 5.30. The zero-order valence-electron chi connectivity index (χ0n) is 15.5. The molecular formula is C26H21NO. The van der Waals surface area contributed by atoms with Crippen LogP contribution in [0.15, 0.2) is 109 Å². The van der Waals surface area contributed by atoms with Crippen molar-refractivity contribution in [2.24, 2.45) is 0 Å². The standard InChI is InChI=1S/C26H21NO/c28-27(19-21-11-15-25(16-12-21)23-7-3-1-4-8-23)20-22-13-17-26(18-14-22)24-9-5-2-6-10-24/h1-19H,20H2/b27-19-. The third-order valence-corrected chi connectivity index (χ3v) is 4.71. The van der Waals surface area contributed by atoms with Gasteiger partial charge >= 0.3 is 0 Å². The molecule has 0 unspecified atom stereocenters. The summed E-state index contributed by atoms with van der Waals surface area (Å²) in [6.07, 6.45) is 1.64. The Morgan fingerprint density at radius 1 is 0.536 bits per heavy atom. The normalized spacial score (nSPS) is 11.4. The summed E-state index contributed by atoms with van der Waals surface area (Å²) < 4.78 is 0.981. The maximum atomic E-state index is 12.4. The van der Waals surface area contributed by atoms with Crippen molar-refractivity contribution >= 4 is 6.21 Å². The highest BCUT2D eigenvalue weighted by Crippen LogP contribution is 2.20. The van der Waals surface area contributed by atoms with E-state index in [0.29, 0.717) is 6.54 Å². The van der Waals surface area contributed by atoms with Crippen LogP contribution in [0, 0.1) is 5.21 Å². The molecule has 0 amide bonds. The van der Waals surface area contributed by atoms with Crippen LogP contribution in [0.1, 0.15) is 11.1 Å². The SMILES string of the molecule is [O-]/[N+](=C\c1ccc(-c2ccccc2)cc1)Cc1ccc(-c2ccccc2)cc1. The molecule has 2 heteroatoms. The molecule has 0 N–H and O–H groups in total. The molecule has 0 heterocycles. The lowest BCUT2D eigenvalue weighted by molar-refractivity contribution is -0.469. The lowest BCUT2D eigenvalue weighted by Gasteiger charge is -2.07. The third-order valence-electron chi connectivity index (χ3n) is 4.71. The molecule has 4 aromatic carbocycles. The lowest BCUT2D eigenvalue weighted by Crippen LogP contribution is -2.05. The van der Waals surface area contributed by atoms with E-state index in [-0.39, 0.29) is 0 Å². The van der Waals surface area contributed by atoms with Gasteiger partial charge in [-0.3, -0.25) is 0 Å². The first-order valence-corrected chi connectivity index (χ1v) is 9.36. The minimum atomic E-state index is 0.329. The van der Waals surface area contributed by atoms with E-state index in [9.17, 15) is 5.21 Å². The molecule has 28 heavy (non-hydrogen) atoms. The molecule has 0 saturated heterocycles. The summed E-state index contributed by atoms with van der Waals surface area (Å²) in [5.41, 5.74) is 6.54. The van der Waals surface area contributed by atoms with Gasteiger partial charge in [0.05, 0.1) is 0 Å². The number of nitrogens with zero attached hydrogens (tertiary/aromatic N) is 1. The van der Waals surface area contributed by atoms with Crippen LogP contribution in [0.3, 0.4) is 0 Å². The van der Waals surface area contributed by atoms with Crippen LogP contribution in [0.4, 0.5) is 0 Å². The van der Waals surface area contributed by atoms with E-state index in [1.54, 1.807) is 6.21 Å². The minimum Gasteiger partial charge on any atom is -0.624 e. The second-order valence-electron chi connectivity index (χ2n) is 6.76. The van der Waals surface area contributed by atoms with Crippen molar-refractivity contribution in [3.63, 3.8) is 0 Å². The summed E-state index contributed by atoms with van der Waals surface area (Å²) in [5.74, 6) is 0. The molecule has 0 atom stereocenters. The second-order valence-corrected chi connectivity index (χ2v) is 6.76. The van der Waals surface area contributed by atoms with E-state index in [4.69, 9.17) is 0 Å². The summed E-state index contributed by atoms with van der Waals surface area (Å²) in [6, 6.07) is 36.7. The summed E-state index contributed by atoms with van der Waals surface area (Å²) in [4.78, 5) is 0.